The van der Waals surface area contributed by atoms with Crippen molar-refractivity contribution in [2.24, 2.45) is 5.73 Å². The topological polar surface area (TPSA) is 72.5 Å². The van der Waals surface area contributed by atoms with Gasteiger partial charge in [0.15, 0.2) is 0 Å². The standard InChI is InChI=1S/C11H23NO3/c1-3-5-8-15-9-6-7-11(12,4-2)10(13)14/h3-9,12H2,1-2H3,(H,13,14). The van der Waals surface area contributed by atoms with Crippen molar-refractivity contribution in [2.45, 2.75) is 51.5 Å². The summed E-state index contributed by atoms with van der Waals surface area (Å²) >= 11 is 0. The molecule has 90 valence electrons. The van der Waals surface area contributed by atoms with Gasteiger partial charge in [-0.05, 0) is 25.7 Å². The van der Waals surface area contributed by atoms with E-state index in [9.17, 15) is 4.79 Å². The normalized spacial score (nSPS) is 14.9. The van der Waals surface area contributed by atoms with Gasteiger partial charge in [-0.15, -0.1) is 0 Å². The van der Waals surface area contributed by atoms with Gasteiger partial charge >= 0.3 is 5.97 Å². The second-order valence-electron chi connectivity index (χ2n) is 3.88. The number of carboxylic acids is 1. The summed E-state index contributed by atoms with van der Waals surface area (Å²) in [6.07, 6.45) is 3.81. The maximum Gasteiger partial charge on any atom is 0.323 e. The van der Waals surface area contributed by atoms with Crippen molar-refractivity contribution < 1.29 is 14.6 Å². The van der Waals surface area contributed by atoms with E-state index >= 15 is 0 Å². The fourth-order valence-corrected chi connectivity index (χ4v) is 1.27. The summed E-state index contributed by atoms with van der Waals surface area (Å²) < 4.78 is 5.35. The number of carbonyl (C=O) groups is 1. The average molecular weight is 217 g/mol. The van der Waals surface area contributed by atoms with Crippen LogP contribution in [0.3, 0.4) is 0 Å². The Kier molecular flexibility index (Phi) is 7.34. The van der Waals surface area contributed by atoms with Crippen molar-refractivity contribution in [3.63, 3.8) is 0 Å². The predicted octanol–water partition coefficient (Wildman–Crippen LogP) is 1.78. The molecule has 15 heavy (non-hydrogen) atoms. The molecule has 0 aliphatic carbocycles. The highest BCUT2D eigenvalue weighted by Gasteiger charge is 2.30. The number of carboxylic acid groups (broad SMARTS) is 1. The molecule has 3 N–H and O–H groups in total. The molecule has 0 aliphatic rings. The number of aliphatic carboxylic acids is 1. The molecule has 0 aromatic heterocycles. The van der Waals surface area contributed by atoms with Crippen LogP contribution in [-0.4, -0.2) is 29.8 Å². The molecule has 1 unspecified atom stereocenters. The number of hydrogen-bond acceptors (Lipinski definition) is 3. The molecule has 0 heterocycles. The van der Waals surface area contributed by atoms with Crippen LogP contribution in [0.15, 0.2) is 0 Å². The van der Waals surface area contributed by atoms with Gasteiger partial charge < -0.3 is 15.6 Å². The van der Waals surface area contributed by atoms with Crippen molar-refractivity contribution in [1.82, 2.24) is 0 Å². The molecule has 0 aromatic carbocycles. The van der Waals surface area contributed by atoms with Crippen molar-refractivity contribution in [2.75, 3.05) is 13.2 Å². The van der Waals surface area contributed by atoms with Gasteiger partial charge in [-0.2, -0.15) is 0 Å². The van der Waals surface area contributed by atoms with Crippen LogP contribution in [0.4, 0.5) is 0 Å². The van der Waals surface area contributed by atoms with Crippen LogP contribution in [-0.2, 0) is 9.53 Å². The van der Waals surface area contributed by atoms with Gasteiger partial charge in [-0.25, -0.2) is 0 Å². The molecule has 0 amide bonds. The number of hydrogen-bond donors (Lipinski definition) is 2. The van der Waals surface area contributed by atoms with Gasteiger partial charge in [0.25, 0.3) is 0 Å². The zero-order valence-electron chi connectivity index (χ0n) is 9.79. The summed E-state index contributed by atoms with van der Waals surface area (Å²) in [5.74, 6) is -0.918. The molecule has 0 aliphatic heterocycles. The van der Waals surface area contributed by atoms with Gasteiger partial charge in [0.1, 0.15) is 5.54 Å². The monoisotopic (exact) mass is 217 g/mol. The molecular formula is C11H23NO3. The smallest absolute Gasteiger partial charge is 0.323 e. The van der Waals surface area contributed by atoms with E-state index < -0.39 is 11.5 Å². The van der Waals surface area contributed by atoms with Gasteiger partial charge in [0, 0.05) is 13.2 Å². The maximum atomic E-state index is 10.9. The third-order valence-corrected chi connectivity index (χ3v) is 2.61. The minimum atomic E-state index is -1.08. The number of rotatable bonds is 9. The zero-order valence-corrected chi connectivity index (χ0v) is 9.79. The third kappa shape index (κ3) is 5.74. The second-order valence-corrected chi connectivity index (χ2v) is 3.88. The van der Waals surface area contributed by atoms with Gasteiger partial charge in [-0.1, -0.05) is 20.3 Å². The Labute approximate surface area is 91.8 Å². The summed E-state index contributed by atoms with van der Waals surface area (Å²) in [5.41, 5.74) is 4.65. The van der Waals surface area contributed by atoms with Gasteiger partial charge in [0.05, 0.1) is 0 Å². The van der Waals surface area contributed by atoms with E-state index in [1.807, 2.05) is 0 Å². The largest absolute Gasteiger partial charge is 0.480 e. The summed E-state index contributed by atoms with van der Waals surface area (Å²) in [7, 11) is 0. The van der Waals surface area contributed by atoms with Crippen LogP contribution in [0.25, 0.3) is 0 Å². The van der Waals surface area contributed by atoms with Crippen LogP contribution in [0.1, 0.15) is 46.0 Å². The third-order valence-electron chi connectivity index (χ3n) is 2.61. The second kappa shape index (κ2) is 7.65. The van der Waals surface area contributed by atoms with E-state index in [0.29, 0.717) is 25.9 Å². The van der Waals surface area contributed by atoms with Crippen molar-refractivity contribution in [3.8, 4) is 0 Å². The molecule has 4 nitrogen and oxygen atoms in total. The molecule has 0 spiro atoms. The van der Waals surface area contributed by atoms with Crippen LogP contribution in [0.2, 0.25) is 0 Å². The van der Waals surface area contributed by atoms with E-state index in [-0.39, 0.29) is 0 Å². The maximum absolute atomic E-state index is 10.9. The Hall–Kier alpha value is -0.610. The lowest BCUT2D eigenvalue weighted by atomic mass is 9.92. The summed E-state index contributed by atoms with van der Waals surface area (Å²) in [4.78, 5) is 10.9. The van der Waals surface area contributed by atoms with E-state index in [1.54, 1.807) is 6.92 Å². The minimum absolute atomic E-state index is 0.456. The highest BCUT2D eigenvalue weighted by molar-refractivity contribution is 5.78. The first-order chi connectivity index (χ1) is 7.06. The highest BCUT2D eigenvalue weighted by Crippen LogP contribution is 2.14. The van der Waals surface area contributed by atoms with Crippen molar-refractivity contribution in [1.29, 1.82) is 0 Å². The lowest BCUT2D eigenvalue weighted by Gasteiger charge is -2.22. The predicted molar refractivity (Wildman–Crippen MR) is 59.8 cm³/mol. The molecule has 0 saturated heterocycles. The van der Waals surface area contributed by atoms with Crippen LogP contribution < -0.4 is 5.73 Å². The highest BCUT2D eigenvalue weighted by atomic mass is 16.5. The molecule has 0 bridgehead atoms. The van der Waals surface area contributed by atoms with E-state index in [1.165, 1.54) is 0 Å². The lowest BCUT2D eigenvalue weighted by molar-refractivity contribution is -0.143. The minimum Gasteiger partial charge on any atom is -0.480 e. The molecule has 1 atom stereocenters. The van der Waals surface area contributed by atoms with Crippen LogP contribution >= 0.6 is 0 Å². The fraction of sp³-hybridized carbons (Fsp3) is 0.909. The fourth-order valence-electron chi connectivity index (χ4n) is 1.27. The summed E-state index contributed by atoms with van der Waals surface area (Å²) in [6, 6.07) is 0. The van der Waals surface area contributed by atoms with Gasteiger partial charge in [-0.3, -0.25) is 4.79 Å². The zero-order chi connectivity index (χ0) is 11.7. The van der Waals surface area contributed by atoms with Gasteiger partial charge in [0.2, 0.25) is 0 Å². The molecule has 0 rings (SSSR count). The molecule has 0 fully saturated rings. The van der Waals surface area contributed by atoms with E-state index in [0.717, 1.165) is 19.4 Å². The SMILES string of the molecule is CCCCOCCCC(N)(CC)C(=O)O. The summed E-state index contributed by atoms with van der Waals surface area (Å²) in [5, 5.41) is 8.91. The first kappa shape index (κ1) is 14.4. The Morgan fingerprint density at radius 1 is 1.33 bits per heavy atom. The molecule has 0 radical (unpaired) electrons. The Balaban J connectivity index is 3.60. The molecule has 4 heteroatoms. The van der Waals surface area contributed by atoms with Crippen LogP contribution in [0, 0.1) is 0 Å². The number of nitrogens with two attached hydrogens (primary N) is 1. The van der Waals surface area contributed by atoms with Crippen molar-refractivity contribution >= 4 is 5.97 Å². The first-order valence-electron chi connectivity index (χ1n) is 5.67. The van der Waals surface area contributed by atoms with E-state index in [2.05, 4.69) is 6.92 Å². The Morgan fingerprint density at radius 2 is 1.93 bits per heavy atom. The Morgan fingerprint density at radius 3 is 2.40 bits per heavy atom. The summed E-state index contributed by atoms with van der Waals surface area (Å²) in [6.45, 7) is 5.27. The number of ether oxygens (including phenoxy) is 1. The lowest BCUT2D eigenvalue weighted by Crippen LogP contribution is -2.47. The quantitative estimate of drug-likeness (QED) is 0.577. The molecular weight excluding hydrogens is 194 g/mol. The molecule has 0 saturated carbocycles. The average Bonchev–Trinajstić information content (AvgIpc) is 2.22. The first-order valence-corrected chi connectivity index (χ1v) is 5.67. The Bertz CT molecular complexity index is 185. The van der Waals surface area contributed by atoms with Crippen molar-refractivity contribution in [3.05, 3.63) is 0 Å². The number of unbranched alkanes of at least 4 members (excludes halogenated alkanes) is 1. The molecule has 0 aromatic rings. The van der Waals surface area contributed by atoms with Crippen LogP contribution in [0.5, 0.6) is 0 Å². The van der Waals surface area contributed by atoms with E-state index in [4.69, 9.17) is 15.6 Å².